The second-order valence-corrected chi connectivity index (χ2v) is 5.20. The summed E-state index contributed by atoms with van der Waals surface area (Å²) in [6, 6.07) is 18.7. The van der Waals surface area contributed by atoms with Gasteiger partial charge in [-0.3, -0.25) is 0 Å². The second-order valence-electron chi connectivity index (χ2n) is 5.20. The van der Waals surface area contributed by atoms with Crippen molar-refractivity contribution in [2.75, 3.05) is 0 Å². The highest BCUT2D eigenvalue weighted by Gasteiger charge is 2.21. The standard InChI is InChI=1S/C18H12N3O2/c19-18(23)21-15-8-4-2-6-12(15)16(17(21)22)14-10-9-11-5-1-3-7-13(11)20-14/h1,3-10,22H,(H2,19,23). The van der Waals surface area contributed by atoms with Gasteiger partial charge in [0.1, 0.15) is 0 Å². The van der Waals surface area contributed by atoms with Crippen molar-refractivity contribution in [3.63, 3.8) is 0 Å². The molecule has 0 atom stereocenters. The first kappa shape index (κ1) is 13.3. The van der Waals surface area contributed by atoms with Crippen LogP contribution in [0.4, 0.5) is 4.79 Å². The smallest absolute Gasteiger partial charge is 0.326 e. The maximum atomic E-state index is 11.7. The number of aromatic nitrogens is 2. The van der Waals surface area contributed by atoms with E-state index in [1.807, 2.05) is 36.4 Å². The van der Waals surface area contributed by atoms with Crippen LogP contribution in [-0.4, -0.2) is 20.7 Å². The minimum Gasteiger partial charge on any atom is -0.494 e. The Kier molecular flexibility index (Phi) is 2.81. The molecule has 0 aliphatic heterocycles. The molecular weight excluding hydrogens is 290 g/mol. The summed E-state index contributed by atoms with van der Waals surface area (Å²) in [7, 11) is 0. The zero-order valence-corrected chi connectivity index (χ0v) is 12.0. The van der Waals surface area contributed by atoms with Crippen LogP contribution in [0, 0.1) is 6.07 Å². The van der Waals surface area contributed by atoms with E-state index in [9.17, 15) is 9.90 Å². The third kappa shape index (κ3) is 1.94. The number of primary amides is 1. The molecule has 5 nitrogen and oxygen atoms in total. The molecule has 2 aromatic carbocycles. The average Bonchev–Trinajstić information content (AvgIpc) is 2.86. The fourth-order valence-electron chi connectivity index (χ4n) is 2.84. The minimum atomic E-state index is -0.745. The monoisotopic (exact) mass is 302 g/mol. The number of pyridine rings is 1. The quantitative estimate of drug-likeness (QED) is 0.566. The SMILES string of the molecule is NC(=O)n1c(O)c(-c2ccc3ccccc3n2)c2c[c]ccc21. The lowest BCUT2D eigenvalue weighted by Crippen LogP contribution is -2.18. The highest BCUT2D eigenvalue weighted by atomic mass is 16.3. The fraction of sp³-hybridized carbons (Fsp3) is 0. The van der Waals surface area contributed by atoms with Gasteiger partial charge in [-0.15, -0.1) is 0 Å². The molecule has 4 rings (SSSR count). The van der Waals surface area contributed by atoms with Gasteiger partial charge in [0.05, 0.1) is 22.3 Å². The third-order valence-electron chi connectivity index (χ3n) is 3.86. The third-order valence-corrected chi connectivity index (χ3v) is 3.86. The van der Waals surface area contributed by atoms with Crippen LogP contribution in [0.5, 0.6) is 5.88 Å². The number of benzene rings is 2. The topological polar surface area (TPSA) is 81.1 Å². The van der Waals surface area contributed by atoms with Crippen molar-refractivity contribution in [1.82, 2.24) is 9.55 Å². The largest absolute Gasteiger partial charge is 0.494 e. The number of hydrogen-bond acceptors (Lipinski definition) is 3. The summed E-state index contributed by atoms with van der Waals surface area (Å²) in [5.74, 6) is -0.213. The summed E-state index contributed by atoms with van der Waals surface area (Å²) >= 11 is 0. The first-order valence-corrected chi connectivity index (χ1v) is 7.06. The molecule has 5 heteroatoms. The molecule has 2 aromatic heterocycles. The molecule has 0 unspecified atom stereocenters. The summed E-state index contributed by atoms with van der Waals surface area (Å²) in [5, 5.41) is 12.2. The highest BCUT2D eigenvalue weighted by molar-refractivity contribution is 6.04. The van der Waals surface area contributed by atoms with E-state index >= 15 is 0 Å². The molecule has 0 saturated heterocycles. The summed E-state index contributed by atoms with van der Waals surface area (Å²) in [6.45, 7) is 0. The van der Waals surface area contributed by atoms with E-state index in [-0.39, 0.29) is 5.88 Å². The van der Waals surface area contributed by atoms with Crippen LogP contribution >= 0.6 is 0 Å². The molecule has 1 radical (unpaired) electrons. The molecule has 23 heavy (non-hydrogen) atoms. The van der Waals surface area contributed by atoms with Gasteiger partial charge in [-0.1, -0.05) is 30.3 Å². The molecule has 1 amide bonds. The van der Waals surface area contributed by atoms with E-state index in [0.717, 1.165) is 15.5 Å². The number of aromatic hydroxyl groups is 1. The Morgan fingerprint density at radius 3 is 2.83 bits per heavy atom. The van der Waals surface area contributed by atoms with Crippen molar-refractivity contribution >= 4 is 27.8 Å². The predicted molar refractivity (Wildman–Crippen MR) is 88.2 cm³/mol. The molecule has 0 spiro atoms. The normalized spacial score (nSPS) is 11.1. The lowest BCUT2D eigenvalue weighted by Gasteiger charge is -2.03. The molecule has 0 aliphatic rings. The summed E-state index contributed by atoms with van der Waals surface area (Å²) in [4.78, 5) is 16.3. The van der Waals surface area contributed by atoms with Crippen LogP contribution in [0.3, 0.4) is 0 Å². The zero-order chi connectivity index (χ0) is 16.0. The molecule has 4 aromatic rings. The van der Waals surface area contributed by atoms with Gasteiger partial charge < -0.3 is 10.8 Å². The van der Waals surface area contributed by atoms with E-state index in [2.05, 4.69) is 11.1 Å². The summed E-state index contributed by atoms with van der Waals surface area (Å²) < 4.78 is 1.08. The summed E-state index contributed by atoms with van der Waals surface area (Å²) in [6.07, 6.45) is 0. The Balaban J connectivity index is 2.08. The Morgan fingerprint density at radius 1 is 1.17 bits per heavy atom. The van der Waals surface area contributed by atoms with Crippen molar-refractivity contribution in [1.29, 1.82) is 0 Å². The zero-order valence-electron chi connectivity index (χ0n) is 12.0. The fourth-order valence-corrected chi connectivity index (χ4v) is 2.84. The first-order valence-electron chi connectivity index (χ1n) is 7.06. The average molecular weight is 302 g/mol. The molecule has 0 aliphatic carbocycles. The molecule has 3 N–H and O–H groups in total. The number of hydrogen-bond donors (Lipinski definition) is 2. The molecule has 2 heterocycles. The molecule has 0 fully saturated rings. The van der Waals surface area contributed by atoms with Crippen LogP contribution in [0.25, 0.3) is 33.1 Å². The molecule has 111 valence electrons. The van der Waals surface area contributed by atoms with Crippen molar-refractivity contribution < 1.29 is 9.90 Å². The Hall–Kier alpha value is -3.34. The van der Waals surface area contributed by atoms with Gasteiger partial charge in [-0.2, -0.15) is 0 Å². The maximum Gasteiger partial charge on any atom is 0.326 e. The van der Waals surface area contributed by atoms with Gasteiger partial charge in [-0.25, -0.2) is 14.3 Å². The first-order chi connectivity index (χ1) is 11.2. The van der Waals surface area contributed by atoms with Gasteiger partial charge in [-0.05, 0) is 30.3 Å². The number of para-hydroxylation sites is 1. The number of nitrogens with zero attached hydrogens (tertiary/aromatic N) is 2. The van der Waals surface area contributed by atoms with Crippen LogP contribution in [0.15, 0.2) is 54.6 Å². The van der Waals surface area contributed by atoms with E-state index in [0.29, 0.717) is 22.2 Å². The number of rotatable bonds is 1. The van der Waals surface area contributed by atoms with Crippen molar-refractivity contribution in [2.24, 2.45) is 5.73 Å². The molecule has 0 saturated carbocycles. The number of amides is 1. The predicted octanol–water partition coefficient (Wildman–Crippen LogP) is 3.29. The highest BCUT2D eigenvalue weighted by Crippen LogP contribution is 2.38. The Labute approximate surface area is 131 Å². The minimum absolute atomic E-state index is 0.213. The van der Waals surface area contributed by atoms with E-state index in [1.165, 1.54) is 0 Å². The Morgan fingerprint density at radius 2 is 2.00 bits per heavy atom. The summed E-state index contributed by atoms with van der Waals surface area (Å²) in [5.41, 5.74) is 7.78. The van der Waals surface area contributed by atoms with E-state index in [4.69, 9.17) is 5.73 Å². The number of carbonyl (C=O) groups excluding carboxylic acids is 1. The van der Waals surface area contributed by atoms with Crippen LogP contribution in [0.1, 0.15) is 0 Å². The van der Waals surface area contributed by atoms with Crippen molar-refractivity contribution in [3.8, 4) is 17.1 Å². The van der Waals surface area contributed by atoms with E-state index < -0.39 is 6.03 Å². The van der Waals surface area contributed by atoms with Crippen LogP contribution in [-0.2, 0) is 0 Å². The van der Waals surface area contributed by atoms with Crippen LogP contribution < -0.4 is 5.73 Å². The van der Waals surface area contributed by atoms with Gasteiger partial charge >= 0.3 is 6.03 Å². The molecule has 0 bridgehead atoms. The van der Waals surface area contributed by atoms with E-state index in [1.54, 1.807) is 18.2 Å². The lowest BCUT2D eigenvalue weighted by atomic mass is 10.1. The molecular formula is C18H12N3O2. The second kappa shape index (κ2) is 4.84. The van der Waals surface area contributed by atoms with Gasteiger partial charge in [0.2, 0.25) is 5.88 Å². The number of carbonyl (C=O) groups is 1. The Bertz CT molecular complexity index is 1070. The van der Waals surface area contributed by atoms with Crippen molar-refractivity contribution in [2.45, 2.75) is 0 Å². The van der Waals surface area contributed by atoms with Gasteiger partial charge in [0, 0.05) is 10.8 Å². The maximum absolute atomic E-state index is 11.7. The van der Waals surface area contributed by atoms with Crippen LogP contribution in [0.2, 0.25) is 0 Å². The van der Waals surface area contributed by atoms with Gasteiger partial charge in [0.25, 0.3) is 0 Å². The van der Waals surface area contributed by atoms with Gasteiger partial charge in [0.15, 0.2) is 0 Å². The van der Waals surface area contributed by atoms with Crippen molar-refractivity contribution in [3.05, 3.63) is 60.7 Å². The lowest BCUT2D eigenvalue weighted by molar-refractivity contribution is 0.248. The number of fused-ring (bicyclic) bond motifs is 2. The number of nitrogens with two attached hydrogens (primary N) is 1.